The van der Waals surface area contributed by atoms with Crippen molar-refractivity contribution in [2.75, 3.05) is 13.6 Å². The summed E-state index contributed by atoms with van der Waals surface area (Å²) in [7, 11) is 1.58. The fourth-order valence-electron chi connectivity index (χ4n) is 1.24. The molecule has 0 atom stereocenters. The third kappa shape index (κ3) is 4.66. The molecule has 0 aromatic heterocycles. The van der Waals surface area contributed by atoms with E-state index in [9.17, 15) is 9.59 Å². The van der Waals surface area contributed by atoms with Crippen molar-refractivity contribution in [2.45, 2.75) is 13.5 Å². The Labute approximate surface area is 119 Å². The third-order valence-corrected chi connectivity index (χ3v) is 3.25. The van der Waals surface area contributed by atoms with Gasteiger partial charge in [0.1, 0.15) is 0 Å². The van der Waals surface area contributed by atoms with Gasteiger partial charge in [-0.25, -0.2) is 0 Å². The molecule has 0 fully saturated rings. The maximum Gasteiger partial charge on any atom is 0.239 e. The number of hydrogen-bond donors (Lipinski definition) is 1. The maximum atomic E-state index is 11.6. The monoisotopic (exact) mass is 332 g/mol. The minimum absolute atomic E-state index is 0.0451. The number of likely N-dealkylation sites (N-methyl/N-ethyl adjacent to an activating group) is 1. The van der Waals surface area contributed by atoms with Crippen LogP contribution in [-0.2, 0) is 16.1 Å². The first kappa shape index (κ1) is 15.0. The second-order valence-corrected chi connectivity index (χ2v) is 5.21. The van der Waals surface area contributed by atoms with E-state index in [1.807, 2.05) is 12.1 Å². The SMILES string of the molecule is CC(=O)N(C)CC(=O)NCc1ccc(Br)cc1Cl. The van der Waals surface area contributed by atoms with Gasteiger partial charge >= 0.3 is 0 Å². The largest absolute Gasteiger partial charge is 0.350 e. The minimum atomic E-state index is -0.216. The zero-order valence-corrected chi connectivity index (χ0v) is 12.5. The van der Waals surface area contributed by atoms with Crippen molar-refractivity contribution in [1.29, 1.82) is 0 Å². The Morgan fingerprint density at radius 1 is 1.44 bits per heavy atom. The first-order valence-corrected chi connectivity index (χ1v) is 6.49. The van der Waals surface area contributed by atoms with Gasteiger partial charge in [-0.1, -0.05) is 33.6 Å². The number of amides is 2. The number of carbonyl (C=O) groups excluding carboxylic acids is 2. The van der Waals surface area contributed by atoms with Crippen LogP contribution in [0.15, 0.2) is 22.7 Å². The molecule has 1 aromatic rings. The quantitative estimate of drug-likeness (QED) is 0.918. The van der Waals surface area contributed by atoms with Crippen LogP contribution >= 0.6 is 27.5 Å². The van der Waals surface area contributed by atoms with Gasteiger partial charge in [0.25, 0.3) is 0 Å². The molecule has 98 valence electrons. The standard InChI is InChI=1S/C12H14BrClN2O2/c1-8(17)16(2)7-12(18)15-6-9-3-4-10(13)5-11(9)14/h3-5H,6-7H2,1-2H3,(H,15,18). The highest BCUT2D eigenvalue weighted by Gasteiger charge is 2.09. The summed E-state index contributed by atoms with van der Waals surface area (Å²) in [6.07, 6.45) is 0. The number of hydrogen-bond acceptors (Lipinski definition) is 2. The van der Waals surface area contributed by atoms with Crippen molar-refractivity contribution in [3.8, 4) is 0 Å². The molecule has 0 unspecified atom stereocenters. The summed E-state index contributed by atoms with van der Waals surface area (Å²) in [6.45, 7) is 1.80. The van der Waals surface area contributed by atoms with Gasteiger partial charge in [0, 0.05) is 30.0 Å². The van der Waals surface area contributed by atoms with Crippen molar-refractivity contribution < 1.29 is 9.59 Å². The fourth-order valence-corrected chi connectivity index (χ4v) is 1.98. The maximum absolute atomic E-state index is 11.6. The molecule has 0 radical (unpaired) electrons. The molecule has 1 N–H and O–H groups in total. The van der Waals surface area contributed by atoms with Crippen LogP contribution in [0.2, 0.25) is 5.02 Å². The topological polar surface area (TPSA) is 49.4 Å². The average molecular weight is 334 g/mol. The summed E-state index contributed by atoms with van der Waals surface area (Å²) < 4.78 is 0.888. The molecule has 1 aromatic carbocycles. The fraction of sp³-hybridized carbons (Fsp3) is 0.333. The van der Waals surface area contributed by atoms with E-state index in [2.05, 4.69) is 21.2 Å². The van der Waals surface area contributed by atoms with E-state index in [1.165, 1.54) is 11.8 Å². The number of nitrogens with one attached hydrogen (secondary N) is 1. The van der Waals surface area contributed by atoms with Crippen LogP contribution in [0.5, 0.6) is 0 Å². The third-order valence-electron chi connectivity index (χ3n) is 2.41. The highest BCUT2D eigenvalue weighted by Crippen LogP contribution is 2.21. The molecule has 0 saturated heterocycles. The number of halogens is 2. The van der Waals surface area contributed by atoms with Crippen LogP contribution in [-0.4, -0.2) is 30.3 Å². The first-order valence-electron chi connectivity index (χ1n) is 5.32. The first-order chi connectivity index (χ1) is 8.40. The van der Waals surface area contributed by atoms with E-state index in [-0.39, 0.29) is 18.4 Å². The van der Waals surface area contributed by atoms with E-state index >= 15 is 0 Å². The Morgan fingerprint density at radius 2 is 2.11 bits per heavy atom. The van der Waals surface area contributed by atoms with Gasteiger partial charge in [-0.3, -0.25) is 9.59 Å². The molecule has 0 saturated carbocycles. The Balaban J connectivity index is 2.50. The zero-order valence-electron chi connectivity index (χ0n) is 10.2. The summed E-state index contributed by atoms with van der Waals surface area (Å²) in [5.74, 6) is -0.362. The zero-order chi connectivity index (χ0) is 13.7. The Morgan fingerprint density at radius 3 is 2.67 bits per heavy atom. The normalized spacial score (nSPS) is 10.0. The van der Waals surface area contributed by atoms with Gasteiger partial charge in [0.2, 0.25) is 11.8 Å². The molecule has 0 heterocycles. The van der Waals surface area contributed by atoms with Crippen LogP contribution in [0, 0.1) is 0 Å². The lowest BCUT2D eigenvalue weighted by atomic mass is 10.2. The average Bonchev–Trinajstić information content (AvgIpc) is 2.27. The molecule has 0 aliphatic rings. The van der Waals surface area contributed by atoms with Crippen molar-refractivity contribution in [2.24, 2.45) is 0 Å². The number of carbonyl (C=O) groups is 2. The lowest BCUT2D eigenvalue weighted by molar-refractivity contribution is -0.133. The molecule has 18 heavy (non-hydrogen) atoms. The summed E-state index contributed by atoms with van der Waals surface area (Å²) in [4.78, 5) is 23.9. The van der Waals surface area contributed by atoms with E-state index in [0.29, 0.717) is 11.6 Å². The molecule has 0 spiro atoms. The predicted octanol–water partition coefficient (Wildman–Crippen LogP) is 2.20. The Bertz CT molecular complexity index is 465. The van der Waals surface area contributed by atoms with Crippen LogP contribution in [0.4, 0.5) is 0 Å². The van der Waals surface area contributed by atoms with Gasteiger partial charge in [0.15, 0.2) is 0 Å². The van der Waals surface area contributed by atoms with Crippen LogP contribution < -0.4 is 5.32 Å². The van der Waals surface area contributed by atoms with E-state index in [4.69, 9.17) is 11.6 Å². The molecule has 6 heteroatoms. The summed E-state index contributed by atoms with van der Waals surface area (Å²) in [5, 5.41) is 3.30. The van der Waals surface area contributed by atoms with Gasteiger partial charge in [0.05, 0.1) is 6.54 Å². The summed E-state index contributed by atoms with van der Waals surface area (Å²) in [5.41, 5.74) is 0.832. The lowest BCUT2D eigenvalue weighted by Crippen LogP contribution is -2.37. The van der Waals surface area contributed by atoms with Crippen LogP contribution in [0.3, 0.4) is 0 Å². The molecule has 4 nitrogen and oxygen atoms in total. The van der Waals surface area contributed by atoms with E-state index < -0.39 is 0 Å². The van der Waals surface area contributed by atoms with E-state index in [0.717, 1.165) is 10.0 Å². The van der Waals surface area contributed by atoms with Gasteiger partial charge < -0.3 is 10.2 Å². The van der Waals surface area contributed by atoms with Crippen molar-refractivity contribution >= 4 is 39.3 Å². The van der Waals surface area contributed by atoms with Crippen LogP contribution in [0.25, 0.3) is 0 Å². The van der Waals surface area contributed by atoms with E-state index in [1.54, 1.807) is 13.1 Å². The van der Waals surface area contributed by atoms with Crippen molar-refractivity contribution in [1.82, 2.24) is 10.2 Å². The molecular weight excluding hydrogens is 320 g/mol. The van der Waals surface area contributed by atoms with Gasteiger partial charge in [-0.15, -0.1) is 0 Å². The highest BCUT2D eigenvalue weighted by molar-refractivity contribution is 9.10. The second kappa shape index (κ2) is 6.75. The molecular formula is C12H14BrClN2O2. The minimum Gasteiger partial charge on any atom is -0.350 e. The molecule has 0 aliphatic carbocycles. The predicted molar refractivity (Wildman–Crippen MR) is 74.3 cm³/mol. The molecule has 0 bridgehead atoms. The molecule has 0 aliphatic heterocycles. The van der Waals surface area contributed by atoms with Gasteiger partial charge in [-0.05, 0) is 17.7 Å². The van der Waals surface area contributed by atoms with Gasteiger partial charge in [-0.2, -0.15) is 0 Å². The Hall–Kier alpha value is -1.07. The smallest absolute Gasteiger partial charge is 0.239 e. The summed E-state index contributed by atoms with van der Waals surface area (Å²) >= 11 is 9.33. The summed E-state index contributed by atoms with van der Waals surface area (Å²) in [6, 6.07) is 5.46. The highest BCUT2D eigenvalue weighted by atomic mass is 79.9. The molecule has 2 amide bonds. The van der Waals surface area contributed by atoms with Crippen LogP contribution in [0.1, 0.15) is 12.5 Å². The number of rotatable bonds is 4. The molecule has 1 rings (SSSR count). The Kier molecular flexibility index (Phi) is 5.62. The number of benzene rings is 1. The number of nitrogens with zero attached hydrogens (tertiary/aromatic N) is 1. The lowest BCUT2D eigenvalue weighted by Gasteiger charge is -2.14. The van der Waals surface area contributed by atoms with Crippen molar-refractivity contribution in [3.63, 3.8) is 0 Å². The second-order valence-electron chi connectivity index (χ2n) is 3.89. The van der Waals surface area contributed by atoms with Crippen molar-refractivity contribution in [3.05, 3.63) is 33.3 Å².